The predicted octanol–water partition coefficient (Wildman–Crippen LogP) is 0.982. The molecule has 0 bridgehead atoms. The molecule has 0 saturated heterocycles. The van der Waals surface area contributed by atoms with Gasteiger partial charge < -0.3 is 46.2 Å². The molecule has 0 aromatic heterocycles. The van der Waals surface area contributed by atoms with E-state index in [1.165, 1.54) is 57.8 Å². The summed E-state index contributed by atoms with van der Waals surface area (Å²) in [6.07, 6.45) is 13.4. The van der Waals surface area contributed by atoms with E-state index in [1.54, 1.807) is 23.6 Å². The van der Waals surface area contributed by atoms with Crippen molar-refractivity contribution >= 4 is 11.9 Å². The van der Waals surface area contributed by atoms with Crippen molar-refractivity contribution in [2.24, 2.45) is 0 Å². The van der Waals surface area contributed by atoms with Gasteiger partial charge in [-0.1, -0.05) is 71.6 Å². The van der Waals surface area contributed by atoms with Crippen LogP contribution in [-0.2, 0) is 9.59 Å². The zero-order valence-electron chi connectivity index (χ0n) is 27.3. The normalized spacial score (nSPS) is 11.1. The van der Waals surface area contributed by atoms with Crippen LogP contribution in [0.2, 0.25) is 0 Å². The number of carbonyl (C=O) groups is 2. The second kappa shape index (κ2) is 42.7. The number of carboxylic acids is 2. The van der Waals surface area contributed by atoms with E-state index in [9.17, 15) is 9.59 Å². The van der Waals surface area contributed by atoms with Gasteiger partial charge in [0.2, 0.25) is 0 Å². The maximum Gasteiger partial charge on any atom is 0.320 e. The van der Waals surface area contributed by atoms with Crippen LogP contribution < -0.4 is 5.32 Å². The van der Waals surface area contributed by atoms with Gasteiger partial charge in [0, 0.05) is 45.7 Å². The molecule has 0 rings (SSSR count). The SMILES string of the molecule is CCC(=O)O.CCCCCCCCCCCCNC(C)C(=O)O.OCCN(CCO)CCO.OCCN(CCO)CCO. The summed E-state index contributed by atoms with van der Waals surface area (Å²) in [5.41, 5.74) is 0. The van der Waals surface area contributed by atoms with Crippen molar-refractivity contribution in [2.45, 2.75) is 97.4 Å². The van der Waals surface area contributed by atoms with Gasteiger partial charge in [0.05, 0.1) is 39.6 Å². The molecule has 0 aliphatic rings. The first-order valence-corrected chi connectivity index (χ1v) is 15.9. The van der Waals surface area contributed by atoms with Crippen LogP contribution in [0.1, 0.15) is 91.4 Å². The van der Waals surface area contributed by atoms with Gasteiger partial charge in [-0.05, 0) is 19.9 Å². The zero-order chi connectivity index (χ0) is 33.6. The first-order valence-electron chi connectivity index (χ1n) is 15.9. The van der Waals surface area contributed by atoms with Gasteiger partial charge in [-0.25, -0.2) is 0 Å². The fourth-order valence-electron chi connectivity index (χ4n) is 3.54. The van der Waals surface area contributed by atoms with Crippen LogP contribution in [-0.4, -0.2) is 154 Å². The van der Waals surface area contributed by atoms with Crippen LogP contribution in [0, 0.1) is 0 Å². The number of aliphatic carboxylic acids is 2. The molecule has 0 aliphatic carbocycles. The Morgan fingerprint density at radius 2 is 0.837 bits per heavy atom. The molecule has 262 valence electrons. The molecule has 0 aromatic rings. The van der Waals surface area contributed by atoms with Gasteiger partial charge in [-0.3, -0.25) is 19.4 Å². The van der Waals surface area contributed by atoms with Crippen LogP contribution in [0.5, 0.6) is 0 Å². The van der Waals surface area contributed by atoms with Gasteiger partial charge >= 0.3 is 11.9 Å². The molecule has 0 heterocycles. The molecule has 13 nitrogen and oxygen atoms in total. The number of nitrogens with one attached hydrogen (secondary N) is 1. The Morgan fingerprint density at radius 3 is 1.07 bits per heavy atom. The van der Waals surface area contributed by atoms with E-state index >= 15 is 0 Å². The van der Waals surface area contributed by atoms with Gasteiger partial charge in [0.25, 0.3) is 0 Å². The van der Waals surface area contributed by atoms with Gasteiger partial charge in [0.15, 0.2) is 0 Å². The quantitative estimate of drug-likeness (QED) is 0.0611. The molecule has 1 atom stereocenters. The second-order valence-corrected chi connectivity index (χ2v) is 9.97. The van der Waals surface area contributed by atoms with Crippen LogP contribution in [0.25, 0.3) is 0 Å². The Morgan fingerprint density at radius 1 is 0.558 bits per heavy atom. The number of aliphatic hydroxyl groups is 6. The van der Waals surface area contributed by atoms with Crippen LogP contribution >= 0.6 is 0 Å². The summed E-state index contributed by atoms with van der Waals surface area (Å²) in [5, 5.41) is 70.3. The Hall–Kier alpha value is -1.42. The minimum absolute atomic E-state index is 0.0694. The van der Waals surface area contributed by atoms with Gasteiger partial charge in [-0.15, -0.1) is 0 Å². The molecule has 0 aromatic carbocycles. The molecule has 13 heteroatoms. The highest BCUT2D eigenvalue weighted by Crippen LogP contribution is 2.10. The first kappa shape index (κ1) is 48.5. The van der Waals surface area contributed by atoms with Crippen molar-refractivity contribution in [1.29, 1.82) is 0 Å². The number of rotatable bonds is 26. The molecule has 43 heavy (non-hydrogen) atoms. The lowest BCUT2D eigenvalue weighted by Crippen LogP contribution is -2.34. The average molecular weight is 630 g/mol. The number of hydrogen-bond acceptors (Lipinski definition) is 11. The highest BCUT2D eigenvalue weighted by molar-refractivity contribution is 5.72. The van der Waals surface area contributed by atoms with E-state index in [4.69, 9.17) is 40.9 Å². The summed E-state index contributed by atoms with van der Waals surface area (Å²) in [5.74, 6) is -1.51. The Bertz CT molecular complexity index is 502. The highest BCUT2D eigenvalue weighted by Gasteiger charge is 2.08. The predicted molar refractivity (Wildman–Crippen MR) is 170 cm³/mol. The maximum atomic E-state index is 10.5. The Balaban J connectivity index is -0.000000259. The summed E-state index contributed by atoms with van der Waals surface area (Å²) >= 11 is 0. The summed E-state index contributed by atoms with van der Waals surface area (Å²) in [6.45, 7) is 9.87. The van der Waals surface area contributed by atoms with Crippen LogP contribution in [0.4, 0.5) is 0 Å². The molecule has 0 amide bonds. The molecular formula is C30H67N3O10. The van der Waals surface area contributed by atoms with Crippen molar-refractivity contribution in [3.05, 3.63) is 0 Å². The molecule has 0 radical (unpaired) electrons. The summed E-state index contributed by atoms with van der Waals surface area (Å²) in [7, 11) is 0. The highest BCUT2D eigenvalue weighted by atomic mass is 16.4. The third-order valence-electron chi connectivity index (χ3n) is 6.15. The largest absolute Gasteiger partial charge is 0.481 e. The molecular weight excluding hydrogens is 562 g/mol. The second-order valence-electron chi connectivity index (χ2n) is 9.97. The minimum Gasteiger partial charge on any atom is -0.481 e. The topological polar surface area (TPSA) is 214 Å². The van der Waals surface area contributed by atoms with Crippen LogP contribution in [0.15, 0.2) is 0 Å². The van der Waals surface area contributed by atoms with E-state index in [2.05, 4.69) is 12.2 Å². The lowest BCUT2D eigenvalue weighted by molar-refractivity contribution is -0.139. The molecule has 0 aliphatic heterocycles. The van der Waals surface area contributed by atoms with Crippen molar-refractivity contribution in [2.75, 3.05) is 85.5 Å². The van der Waals surface area contributed by atoms with E-state index < -0.39 is 18.0 Å². The fourth-order valence-corrected chi connectivity index (χ4v) is 3.54. The summed E-state index contributed by atoms with van der Waals surface area (Å²) < 4.78 is 0. The monoisotopic (exact) mass is 629 g/mol. The molecule has 1 unspecified atom stereocenters. The standard InChI is InChI=1S/C15H31NO2.2C6H15NO3.C3H6O2/c1-3-4-5-6-7-8-9-10-11-12-13-16-14(2)15(17)18;2*8-4-1-7(2-5-9)3-6-10;1-2-3(4)5/h14,16H,3-13H2,1-2H3,(H,17,18);2*8-10H,1-6H2;2H2,1H3,(H,4,5). The number of carboxylic acid groups (broad SMARTS) is 2. The number of unbranched alkanes of at least 4 members (excludes halogenated alkanes) is 9. The molecule has 0 fully saturated rings. The Kier molecular flexibility index (Phi) is 48.2. The van der Waals surface area contributed by atoms with Gasteiger partial charge in [0.1, 0.15) is 6.04 Å². The lowest BCUT2D eigenvalue weighted by atomic mass is 10.1. The first-order chi connectivity index (χ1) is 20.6. The Labute approximate surface area is 260 Å². The third kappa shape index (κ3) is 47.7. The van der Waals surface area contributed by atoms with Crippen LogP contribution in [0.3, 0.4) is 0 Å². The summed E-state index contributed by atoms with van der Waals surface area (Å²) in [6, 6.07) is -0.413. The number of hydrogen-bond donors (Lipinski definition) is 9. The summed E-state index contributed by atoms with van der Waals surface area (Å²) in [4.78, 5) is 23.5. The molecule has 9 N–H and O–H groups in total. The third-order valence-corrected chi connectivity index (χ3v) is 6.15. The maximum absolute atomic E-state index is 10.5. The van der Waals surface area contributed by atoms with Crippen molar-refractivity contribution in [3.8, 4) is 0 Å². The van der Waals surface area contributed by atoms with Crippen molar-refractivity contribution in [3.63, 3.8) is 0 Å². The molecule has 0 saturated carbocycles. The lowest BCUT2D eigenvalue weighted by Gasteiger charge is -2.17. The van der Waals surface area contributed by atoms with E-state index in [0.29, 0.717) is 39.3 Å². The number of nitrogens with zero attached hydrogens (tertiary/aromatic N) is 2. The average Bonchev–Trinajstić information content (AvgIpc) is 2.97. The van der Waals surface area contributed by atoms with E-state index in [1.807, 2.05) is 0 Å². The number of aliphatic hydroxyl groups excluding tert-OH is 6. The minimum atomic E-state index is -0.762. The zero-order valence-corrected chi connectivity index (χ0v) is 27.3. The van der Waals surface area contributed by atoms with Crippen molar-refractivity contribution in [1.82, 2.24) is 15.1 Å². The van der Waals surface area contributed by atoms with E-state index in [0.717, 1.165) is 13.0 Å². The molecule has 0 spiro atoms. The smallest absolute Gasteiger partial charge is 0.320 e. The van der Waals surface area contributed by atoms with Crippen molar-refractivity contribution < 1.29 is 50.4 Å². The fraction of sp³-hybridized carbons (Fsp3) is 0.933. The van der Waals surface area contributed by atoms with E-state index in [-0.39, 0.29) is 46.1 Å². The van der Waals surface area contributed by atoms with Gasteiger partial charge in [-0.2, -0.15) is 0 Å².